The fourth-order valence-electron chi connectivity index (χ4n) is 3.62. The molecule has 6 heteroatoms. The van der Waals surface area contributed by atoms with Crippen LogP contribution in [0.3, 0.4) is 0 Å². The fraction of sp³-hybridized carbons (Fsp3) is 0.467. The van der Waals surface area contributed by atoms with Crippen molar-refractivity contribution in [3.8, 4) is 11.4 Å². The van der Waals surface area contributed by atoms with Crippen LogP contribution in [0.25, 0.3) is 11.4 Å². The molecule has 2 aliphatic rings. The third-order valence-electron chi connectivity index (χ3n) is 4.57. The lowest BCUT2D eigenvalue weighted by Gasteiger charge is -2.13. The van der Waals surface area contributed by atoms with Gasteiger partial charge in [-0.2, -0.15) is 4.98 Å². The number of aromatic nitrogens is 2. The van der Waals surface area contributed by atoms with E-state index in [1.54, 1.807) is 6.07 Å². The van der Waals surface area contributed by atoms with Crippen molar-refractivity contribution in [2.45, 2.75) is 25.3 Å². The first-order chi connectivity index (χ1) is 10.2. The Morgan fingerprint density at radius 2 is 2.19 bits per heavy atom. The Balaban J connectivity index is 1.63. The van der Waals surface area contributed by atoms with Crippen molar-refractivity contribution >= 4 is 15.9 Å². The number of halogens is 2. The van der Waals surface area contributed by atoms with Gasteiger partial charge in [-0.25, -0.2) is 4.39 Å². The molecular weight excluding hydrogens is 337 g/mol. The maximum absolute atomic E-state index is 13.5. The number of nitrogens with one attached hydrogen (secondary N) is 1. The summed E-state index contributed by atoms with van der Waals surface area (Å²) in [6.45, 7) is 1.03. The third-order valence-corrected chi connectivity index (χ3v) is 5.03. The molecule has 2 fully saturated rings. The quantitative estimate of drug-likeness (QED) is 0.896. The summed E-state index contributed by atoms with van der Waals surface area (Å²) in [6.07, 6.45) is 3.78. The van der Waals surface area contributed by atoms with E-state index in [-0.39, 0.29) is 11.9 Å². The van der Waals surface area contributed by atoms with Gasteiger partial charge in [-0.1, -0.05) is 27.5 Å². The van der Waals surface area contributed by atoms with E-state index >= 15 is 0 Å². The molecule has 4 rings (SSSR count). The van der Waals surface area contributed by atoms with Gasteiger partial charge in [0.1, 0.15) is 5.82 Å². The predicted molar refractivity (Wildman–Crippen MR) is 79.0 cm³/mol. The number of benzene rings is 1. The minimum atomic E-state index is -0.319. The van der Waals surface area contributed by atoms with Crippen LogP contribution in [0.5, 0.6) is 0 Å². The molecule has 110 valence electrons. The molecule has 0 spiro atoms. The SMILES string of the molecule is Fc1cc(Br)cc(-c2noc(C3NCC4CCCC43)n2)c1. The summed E-state index contributed by atoms with van der Waals surface area (Å²) in [6, 6.07) is 4.76. The van der Waals surface area contributed by atoms with E-state index in [9.17, 15) is 4.39 Å². The number of hydrogen-bond donors (Lipinski definition) is 1. The molecule has 1 aromatic carbocycles. The molecule has 2 heterocycles. The minimum absolute atomic E-state index is 0.149. The second kappa shape index (κ2) is 5.18. The summed E-state index contributed by atoms with van der Waals surface area (Å²) < 4.78 is 19.6. The molecule has 1 saturated carbocycles. The first-order valence-corrected chi connectivity index (χ1v) is 8.03. The van der Waals surface area contributed by atoms with Crippen LogP contribution in [0.15, 0.2) is 27.2 Å². The highest BCUT2D eigenvalue weighted by Crippen LogP contribution is 2.44. The number of hydrogen-bond acceptors (Lipinski definition) is 4. The first-order valence-electron chi connectivity index (χ1n) is 7.24. The summed E-state index contributed by atoms with van der Waals surface area (Å²) in [4.78, 5) is 4.48. The van der Waals surface area contributed by atoms with E-state index in [0.29, 0.717) is 27.7 Å². The van der Waals surface area contributed by atoms with Gasteiger partial charge in [0.05, 0.1) is 6.04 Å². The van der Waals surface area contributed by atoms with Gasteiger partial charge in [-0.05, 0) is 49.4 Å². The maximum atomic E-state index is 13.5. The Hall–Kier alpha value is -1.27. The molecular formula is C15H15BrFN3O. The van der Waals surface area contributed by atoms with E-state index in [4.69, 9.17) is 4.52 Å². The zero-order chi connectivity index (χ0) is 14.4. The monoisotopic (exact) mass is 351 g/mol. The van der Waals surface area contributed by atoms with Crippen molar-refractivity contribution < 1.29 is 8.91 Å². The van der Waals surface area contributed by atoms with E-state index in [1.165, 1.54) is 31.4 Å². The van der Waals surface area contributed by atoms with Crippen LogP contribution in [0, 0.1) is 17.7 Å². The zero-order valence-corrected chi connectivity index (χ0v) is 12.9. The average Bonchev–Trinajstić information content (AvgIpc) is 3.13. The summed E-state index contributed by atoms with van der Waals surface area (Å²) in [5.74, 6) is 2.07. The van der Waals surface area contributed by atoms with Crippen molar-refractivity contribution in [1.29, 1.82) is 0 Å². The van der Waals surface area contributed by atoms with Gasteiger partial charge >= 0.3 is 0 Å². The molecule has 1 aromatic heterocycles. The van der Waals surface area contributed by atoms with E-state index < -0.39 is 0 Å². The predicted octanol–water partition coefficient (Wildman–Crippen LogP) is 3.70. The van der Waals surface area contributed by atoms with Crippen molar-refractivity contribution in [2.24, 2.45) is 11.8 Å². The van der Waals surface area contributed by atoms with Crippen LogP contribution in [0.1, 0.15) is 31.2 Å². The lowest BCUT2D eigenvalue weighted by Crippen LogP contribution is -2.18. The standard InChI is InChI=1S/C15H15BrFN3O/c16-10-4-9(5-11(17)6-10)14-19-15(21-20-14)13-12-3-1-2-8(12)7-18-13/h4-6,8,12-13,18H,1-3,7H2. The van der Waals surface area contributed by atoms with Crippen LogP contribution >= 0.6 is 15.9 Å². The summed E-state index contributed by atoms with van der Waals surface area (Å²) in [5.41, 5.74) is 0.623. The second-order valence-electron chi connectivity index (χ2n) is 5.86. The van der Waals surface area contributed by atoms with Crippen molar-refractivity contribution in [3.05, 3.63) is 34.4 Å². The molecule has 0 amide bonds. The normalized spacial score (nSPS) is 28.0. The highest BCUT2D eigenvalue weighted by Gasteiger charge is 2.42. The molecule has 4 nitrogen and oxygen atoms in total. The summed E-state index contributed by atoms with van der Waals surface area (Å²) in [7, 11) is 0. The number of fused-ring (bicyclic) bond motifs is 1. The van der Waals surface area contributed by atoms with Crippen LogP contribution in [0.4, 0.5) is 4.39 Å². The van der Waals surface area contributed by atoms with Gasteiger partial charge < -0.3 is 9.84 Å². The Labute approximate surface area is 130 Å². The van der Waals surface area contributed by atoms with Crippen LogP contribution in [0.2, 0.25) is 0 Å². The molecule has 2 aromatic rings. The van der Waals surface area contributed by atoms with Gasteiger partial charge in [0.25, 0.3) is 0 Å². The average molecular weight is 352 g/mol. The maximum Gasteiger partial charge on any atom is 0.244 e. The molecule has 21 heavy (non-hydrogen) atoms. The van der Waals surface area contributed by atoms with Crippen molar-refractivity contribution in [1.82, 2.24) is 15.5 Å². The van der Waals surface area contributed by atoms with Gasteiger partial charge in [0, 0.05) is 10.0 Å². The molecule has 3 unspecified atom stereocenters. The molecule has 1 aliphatic heterocycles. The number of nitrogens with zero attached hydrogens (tertiary/aromatic N) is 2. The Bertz CT molecular complexity index is 654. The van der Waals surface area contributed by atoms with Crippen LogP contribution in [-0.2, 0) is 0 Å². The van der Waals surface area contributed by atoms with Crippen molar-refractivity contribution in [2.75, 3.05) is 6.54 Å². The largest absolute Gasteiger partial charge is 0.337 e. The minimum Gasteiger partial charge on any atom is -0.337 e. The first kappa shape index (κ1) is 13.4. The fourth-order valence-corrected chi connectivity index (χ4v) is 4.08. The number of rotatable bonds is 2. The summed E-state index contributed by atoms with van der Waals surface area (Å²) >= 11 is 3.28. The molecule has 1 saturated heterocycles. The van der Waals surface area contributed by atoms with Gasteiger partial charge in [-0.15, -0.1) is 0 Å². The Morgan fingerprint density at radius 3 is 3.05 bits per heavy atom. The zero-order valence-electron chi connectivity index (χ0n) is 11.4. The molecule has 3 atom stereocenters. The van der Waals surface area contributed by atoms with Crippen LogP contribution in [-0.4, -0.2) is 16.7 Å². The van der Waals surface area contributed by atoms with Crippen molar-refractivity contribution in [3.63, 3.8) is 0 Å². The van der Waals surface area contributed by atoms with E-state index in [2.05, 4.69) is 31.4 Å². The highest BCUT2D eigenvalue weighted by atomic mass is 79.9. The highest BCUT2D eigenvalue weighted by molar-refractivity contribution is 9.10. The smallest absolute Gasteiger partial charge is 0.244 e. The second-order valence-corrected chi connectivity index (χ2v) is 6.77. The summed E-state index contributed by atoms with van der Waals surface area (Å²) in [5, 5.41) is 7.50. The van der Waals surface area contributed by atoms with Gasteiger partial charge in [-0.3, -0.25) is 0 Å². The lowest BCUT2D eigenvalue weighted by molar-refractivity contribution is 0.302. The topological polar surface area (TPSA) is 51.0 Å². The lowest BCUT2D eigenvalue weighted by atomic mass is 9.94. The molecule has 0 bridgehead atoms. The molecule has 1 aliphatic carbocycles. The molecule has 1 N–H and O–H groups in total. The third kappa shape index (κ3) is 2.40. The Kier molecular flexibility index (Phi) is 3.30. The van der Waals surface area contributed by atoms with Gasteiger partial charge in [0.15, 0.2) is 0 Å². The molecule has 0 radical (unpaired) electrons. The van der Waals surface area contributed by atoms with E-state index in [0.717, 1.165) is 12.5 Å². The Morgan fingerprint density at radius 1 is 1.29 bits per heavy atom. The van der Waals surface area contributed by atoms with Gasteiger partial charge in [0.2, 0.25) is 11.7 Å². The van der Waals surface area contributed by atoms with E-state index in [1.807, 2.05) is 0 Å². The van der Waals surface area contributed by atoms with Crippen LogP contribution < -0.4 is 5.32 Å².